The Bertz CT molecular complexity index is 1020. The minimum Gasteiger partial charge on any atom is -0.459 e. The third-order valence-electron chi connectivity index (χ3n) is 5.16. The molecule has 3 aromatic carbocycles. The molecule has 3 rings (SSSR count). The Kier molecular flexibility index (Phi) is 9.64. The van der Waals surface area contributed by atoms with Crippen molar-refractivity contribution < 1.29 is 29.3 Å². The Morgan fingerprint density at radius 1 is 0.706 bits per heavy atom. The number of carbonyl (C=O) groups excluding carboxylic acids is 2. The highest BCUT2D eigenvalue weighted by Crippen LogP contribution is 2.12. The van der Waals surface area contributed by atoms with E-state index in [0.29, 0.717) is 6.42 Å². The van der Waals surface area contributed by atoms with E-state index in [9.17, 15) is 14.7 Å². The first-order chi connectivity index (χ1) is 16.5. The molecule has 1 amide bonds. The average molecular weight is 464 g/mol. The Labute approximate surface area is 199 Å². The smallest absolute Gasteiger partial charge is 0.408 e. The molecule has 0 aliphatic carbocycles. The van der Waals surface area contributed by atoms with Crippen LogP contribution in [0, 0.1) is 0 Å². The predicted molar refractivity (Wildman–Crippen MR) is 127 cm³/mol. The van der Waals surface area contributed by atoms with Crippen LogP contribution in [0.15, 0.2) is 84.9 Å². The second-order valence-electron chi connectivity index (χ2n) is 7.91. The number of hydrogen-bond donors (Lipinski definition) is 3. The highest BCUT2D eigenvalue weighted by molar-refractivity contribution is 5.81. The normalized spacial score (nSPS) is 12.4. The minimum atomic E-state index is -0.944. The van der Waals surface area contributed by atoms with Crippen LogP contribution in [0.4, 0.5) is 4.79 Å². The number of amides is 1. The highest BCUT2D eigenvalue weighted by atomic mass is 16.6. The second kappa shape index (κ2) is 13.1. The molecule has 3 N–H and O–H groups in total. The first-order valence-electron chi connectivity index (χ1n) is 11.1. The number of benzene rings is 3. The first kappa shape index (κ1) is 25.0. The summed E-state index contributed by atoms with van der Waals surface area (Å²) < 4.78 is 10.7. The fourth-order valence-electron chi connectivity index (χ4n) is 3.31. The van der Waals surface area contributed by atoms with Crippen LogP contribution in [0.3, 0.4) is 0 Å². The molecule has 0 aromatic heterocycles. The Hall–Kier alpha value is -3.68. The van der Waals surface area contributed by atoms with Crippen LogP contribution in [-0.4, -0.2) is 41.0 Å². The van der Waals surface area contributed by atoms with Crippen LogP contribution in [0.25, 0.3) is 0 Å². The van der Waals surface area contributed by atoms with Gasteiger partial charge in [0.05, 0.1) is 12.7 Å². The van der Waals surface area contributed by atoms with Crippen molar-refractivity contribution in [3.8, 4) is 0 Å². The summed E-state index contributed by atoms with van der Waals surface area (Å²) in [5, 5.41) is 21.2. The molecule has 0 aliphatic rings. The molecule has 7 nitrogen and oxygen atoms in total. The fraction of sp³-hybridized carbons (Fsp3) is 0.259. The van der Waals surface area contributed by atoms with Gasteiger partial charge in [0, 0.05) is 12.8 Å². The Morgan fingerprint density at radius 2 is 1.21 bits per heavy atom. The van der Waals surface area contributed by atoms with Crippen molar-refractivity contribution in [1.82, 2.24) is 5.32 Å². The monoisotopic (exact) mass is 463 g/mol. The van der Waals surface area contributed by atoms with Gasteiger partial charge < -0.3 is 25.0 Å². The third-order valence-corrected chi connectivity index (χ3v) is 5.16. The lowest BCUT2D eigenvalue weighted by Crippen LogP contribution is -2.43. The molecule has 0 saturated heterocycles. The zero-order valence-corrected chi connectivity index (χ0v) is 18.8. The van der Waals surface area contributed by atoms with Crippen molar-refractivity contribution in [3.05, 3.63) is 107 Å². The summed E-state index contributed by atoms with van der Waals surface area (Å²) in [4.78, 5) is 25.2. The van der Waals surface area contributed by atoms with Crippen molar-refractivity contribution in [2.45, 2.75) is 38.2 Å². The van der Waals surface area contributed by atoms with Crippen LogP contribution < -0.4 is 5.32 Å². The van der Waals surface area contributed by atoms with Gasteiger partial charge in [-0.3, -0.25) is 0 Å². The molecule has 2 atom stereocenters. The SMILES string of the molecule is O=C(N[C@@H](Cc1ccc(CC(O)CO)cc1)C(=O)OCc1ccccc1)OCc1ccccc1. The van der Waals surface area contributed by atoms with Crippen LogP contribution in [0.5, 0.6) is 0 Å². The summed E-state index contributed by atoms with van der Waals surface area (Å²) in [7, 11) is 0. The number of aliphatic hydroxyl groups excluding tert-OH is 2. The molecule has 1 unspecified atom stereocenters. The molecule has 0 fully saturated rings. The molecule has 3 aromatic rings. The largest absolute Gasteiger partial charge is 0.459 e. The number of hydrogen-bond acceptors (Lipinski definition) is 6. The van der Waals surface area contributed by atoms with E-state index in [1.165, 1.54) is 0 Å². The van der Waals surface area contributed by atoms with Crippen LogP contribution in [-0.2, 0) is 40.3 Å². The lowest BCUT2D eigenvalue weighted by atomic mass is 10.0. The summed E-state index contributed by atoms with van der Waals surface area (Å²) in [6.45, 7) is -0.138. The summed E-state index contributed by atoms with van der Waals surface area (Å²) in [5.41, 5.74) is 3.32. The van der Waals surface area contributed by atoms with Gasteiger partial charge in [-0.15, -0.1) is 0 Å². The zero-order chi connectivity index (χ0) is 24.2. The number of aliphatic hydroxyl groups is 2. The molecule has 178 valence electrons. The van der Waals surface area contributed by atoms with Gasteiger partial charge in [0.1, 0.15) is 19.3 Å². The van der Waals surface area contributed by atoms with E-state index in [-0.39, 0.29) is 26.2 Å². The predicted octanol–water partition coefficient (Wildman–Crippen LogP) is 3.16. The number of alkyl carbamates (subject to hydrolysis) is 1. The molecule has 0 saturated carbocycles. The highest BCUT2D eigenvalue weighted by Gasteiger charge is 2.24. The van der Waals surface area contributed by atoms with E-state index < -0.39 is 24.2 Å². The summed E-state index contributed by atoms with van der Waals surface area (Å²) in [6, 6.07) is 24.9. The van der Waals surface area contributed by atoms with Crippen LogP contribution >= 0.6 is 0 Å². The topological polar surface area (TPSA) is 105 Å². The minimum absolute atomic E-state index is 0.0837. The summed E-state index contributed by atoms with van der Waals surface area (Å²) in [6.07, 6.45) is -1.01. The molecule has 0 bridgehead atoms. The van der Waals surface area contributed by atoms with Gasteiger partial charge in [0.25, 0.3) is 0 Å². The van der Waals surface area contributed by atoms with Gasteiger partial charge in [0.15, 0.2) is 0 Å². The second-order valence-corrected chi connectivity index (χ2v) is 7.91. The van der Waals surface area contributed by atoms with E-state index in [1.54, 1.807) is 0 Å². The van der Waals surface area contributed by atoms with Gasteiger partial charge in [0.2, 0.25) is 0 Å². The third kappa shape index (κ3) is 8.35. The van der Waals surface area contributed by atoms with Crippen LogP contribution in [0.2, 0.25) is 0 Å². The average Bonchev–Trinajstić information content (AvgIpc) is 2.88. The van der Waals surface area contributed by atoms with E-state index in [1.807, 2.05) is 84.9 Å². The van der Waals surface area contributed by atoms with E-state index >= 15 is 0 Å². The van der Waals surface area contributed by atoms with Gasteiger partial charge in [-0.05, 0) is 22.3 Å². The molecular formula is C27H29NO6. The molecule has 0 heterocycles. The van der Waals surface area contributed by atoms with Crippen molar-refractivity contribution in [2.24, 2.45) is 0 Å². The lowest BCUT2D eigenvalue weighted by molar-refractivity contribution is -0.147. The molecule has 0 aliphatic heterocycles. The van der Waals surface area contributed by atoms with E-state index in [4.69, 9.17) is 14.6 Å². The summed E-state index contributed by atoms with van der Waals surface area (Å²) in [5.74, 6) is -0.569. The van der Waals surface area contributed by atoms with Gasteiger partial charge >= 0.3 is 12.1 Å². The maximum absolute atomic E-state index is 12.8. The molecule has 0 spiro atoms. The van der Waals surface area contributed by atoms with Gasteiger partial charge in [-0.2, -0.15) is 0 Å². The number of esters is 1. The van der Waals surface area contributed by atoms with E-state index in [2.05, 4.69) is 5.32 Å². The fourth-order valence-corrected chi connectivity index (χ4v) is 3.31. The molecular weight excluding hydrogens is 434 g/mol. The standard InChI is InChI=1S/C27H29NO6/c29-17-24(30)15-20-11-13-21(14-12-20)16-25(26(31)33-18-22-7-3-1-4-8-22)28-27(32)34-19-23-9-5-2-6-10-23/h1-14,24-25,29-30H,15-19H2,(H,28,32)/t24?,25-/m0/s1. The molecule has 7 heteroatoms. The zero-order valence-electron chi connectivity index (χ0n) is 18.8. The van der Waals surface area contributed by atoms with Crippen molar-refractivity contribution in [3.63, 3.8) is 0 Å². The van der Waals surface area contributed by atoms with Gasteiger partial charge in [-0.25, -0.2) is 9.59 Å². The van der Waals surface area contributed by atoms with Crippen molar-refractivity contribution in [1.29, 1.82) is 0 Å². The van der Waals surface area contributed by atoms with Crippen molar-refractivity contribution >= 4 is 12.1 Å². The van der Waals surface area contributed by atoms with Crippen LogP contribution in [0.1, 0.15) is 22.3 Å². The number of rotatable bonds is 11. The quantitative estimate of drug-likeness (QED) is 0.377. The maximum atomic E-state index is 12.8. The molecule has 34 heavy (non-hydrogen) atoms. The van der Waals surface area contributed by atoms with Gasteiger partial charge in [-0.1, -0.05) is 84.9 Å². The Balaban J connectivity index is 1.63. The Morgan fingerprint density at radius 3 is 1.74 bits per heavy atom. The maximum Gasteiger partial charge on any atom is 0.408 e. The number of nitrogens with one attached hydrogen (secondary N) is 1. The number of carbonyl (C=O) groups is 2. The van der Waals surface area contributed by atoms with E-state index in [0.717, 1.165) is 22.3 Å². The van der Waals surface area contributed by atoms with Crippen molar-refractivity contribution in [2.75, 3.05) is 6.61 Å². The summed E-state index contributed by atoms with van der Waals surface area (Å²) >= 11 is 0. The first-order valence-corrected chi connectivity index (χ1v) is 11.1. The molecule has 0 radical (unpaired) electrons. The lowest BCUT2D eigenvalue weighted by Gasteiger charge is -2.18. The number of ether oxygens (including phenoxy) is 2.